The maximum absolute atomic E-state index is 9.57. The van der Waals surface area contributed by atoms with Gasteiger partial charge < -0.3 is 13.6 Å². The van der Waals surface area contributed by atoms with Gasteiger partial charge in [0.25, 0.3) is 0 Å². The molecule has 0 fully saturated rings. The van der Waals surface area contributed by atoms with Crippen LogP contribution in [0.3, 0.4) is 0 Å². The number of benzene rings is 6. The van der Waals surface area contributed by atoms with Crippen LogP contribution in [-0.2, 0) is 0 Å². The summed E-state index contributed by atoms with van der Waals surface area (Å²) < 4.78 is 10.8. The summed E-state index contributed by atoms with van der Waals surface area (Å²) in [5.74, 6) is 0. The molecule has 0 spiro atoms. The van der Waals surface area contributed by atoms with Crippen LogP contribution in [-0.4, -0.2) is 9.13 Å². The summed E-state index contributed by atoms with van der Waals surface area (Å²) in [6, 6.07) is 43.3. The van der Waals surface area contributed by atoms with Crippen molar-refractivity contribution in [2.75, 3.05) is 0 Å². The van der Waals surface area contributed by atoms with E-state index in [4.69, 9.17) is 11.0 Å². The Morgan fingerprint density at radius 3 is 2.09 bits per heavy atom. The van der Waals surface area contributed by atoms with E-state index in [9.17, 15) is 5.26 Å². The summed E-state index contributed by atoms with van der Waals surface area (Å²) in [6.07, 6.45) is 0. The minimum absolute atomic E-state index is 0.604. The molecule has 0 bridgehead atoms. The molecule has 0 saturated carbocycles. The lowest BCUT2D eigenvalue weighted by molar-refractivity contribution is 0.669. The molecular formula is C38H20N4O. The zero-order chi connectivity index (χ0) is 28.7. The highest BCUT2D eigenvalue weighted by molar-refractivity contribution is 6.27. The standard InChI is InChI=1S/C38H20N4O/c1-40-24-14-16-33-30(20-24)37-34(17-18-36-38(37)28-10-3-5-12-35(28)43-36)42(33)26-8-6-7-25(21-26)41-31-11-4-2-9-27(31)29-19-23(22-39)13-15-32(29)41/h2-21H. The van der Waals surface area contributed by atoms with Crippen molar-refractivity contribution in [1.29, 1.82) is 5.26 Å². The summed E-state index contributed by atoms with van der Waals surface area (Å²) in [7, 11) is 0. The zero-order valence-corrected chi connectivity index (χ0v) is 22.7. The second-order valence-corrected chi connectivity index (χ2v) is 10.8. The molecule has 0 atom stereocenters. The first-order valence-corrected chi connectivity index (χ1v) is 14.0. The number of hydrogen-bond donors (Lipinski definition) is 0. The molecule has 0 radical (unpaired) electrons. The van der Waals surface area contributed by atoms with Crippen molar-refractivity contribution >= 4 is 71.2 Å². The van der Waals surface area contributed by atoms with Crippen LogP contribution in [0.2, 0.25) is 0 Å². The number of para-hydroxylation sites is 2. The van der Waals surface area contributed by atoms with E-state index >= 15 is 0 Å². The van der Waals surface area contributed by atoms with E-state index in [0.29, 0.717) is 11.3 Å². The van der Waals surface area contributed by atoms with Gasteiger partial charge in [-0.25, -0.2) is 4.85 Å². The lowest BCUT2D eigenvalue weighted by atomic mass is 10.1. The zero-order valence-electron chi connectivity index (χ0n) is 22.7. The fraction of sp³-hybridized carbons (Fsp3) is 0. The van der Waals surface area contributed by atoms with Crippen LogP contribution in [0.1, 0.15) is 5.56 Å². The van der Waals surface area contributed by atoms with E-state index in [2.05, 4.69) is 74.6 Å². The van der Waals surface area contributed by atoms with Gasteiger partial charge in [-0.1, -0.05) is 48.5 Å². The summed E-state index contributed by atoms with van der Waals surface area (Å²) in [5, 5.41) is 16.0. The number of aromatic nitrogens is 2. The summed E-state index contributed by atoms with van der Waals surface area (Å²) in [4.78, 5) is 3.75. The molecule has 5 nitrogen and oxygen atoms in total. The van der Waals surface area contributed by atoms with Crippen molar-refractivity contribution in [3.63, 3.8) is 0 Å². The average Bonchev–Trinajstić information content (AvgIpc) is 3.71. The van der Waals surface area contributed by atoms with Crippen molar-refractivity contribution < 1.29 is 4.42 Å². The van der Waals surface area contributed by atoms with Gasteiger partial charge in [0.15, 0.2) is 5.69 Å². The third kappa shape index (κ3) is 3.19. The first kappa shape index (κ1) is 23.4. The first-order valence-electron chi connectivity index (χ1n) is 14.0. The van der Waals surface area contributed by atoms with Gasteiger partial charge in [0.2, 0.25) is 0 Å². The smallest absolute Gasteiger partial charge is 0.188 e. The van der Waals surface area contributed by atoms with Crippen LogP contribution in [0.4, 0.5) is 5.69 Å². The Hall–Kier alpha value is -6.30. The highest BCUT2D eigenvalue weighted by Gasteiger charge is 2.20. The molecule has 3 heterocycles. The molecular weight excluding hydrogens is 528 g/mol. The van der Waals surface area contributed by atoms with Crippen LogP contribution < -0.4 is 0 Å². The SMILES string of the molecule is [C-]#[N+]c1ccc2c(c1)c1c3c(ccc1n2-c1cccc(-n2c4ccccc4c4cc(C#N)ccc42)c1)oc1ccccc13. The van der Waals surface area contributed by atoms with Gasteiger partial charge in [0.05, 0.1) is 40.3 Å². The number of rotatable bonds is 2. The average molecular weight is 549 g/mol. The maximum Gasteiger partial charge on any atom is 0.188 e. The Labute approximate surface area is 245 Å². The second kappa shape index (κ2) is 8.60. The molecule has 9 aromatic rings. The van der Waals surface area contributed by atoms with Gasteiger partial charge in [0.1, 0.15) is 11.2 Å². The predicted molar refractivity (Wildman–Crippen MR) is 173 cm³/mol. The number of hydrogen-bond acceptors (Lipinski definition) is 2. The molecule has 9 rings (SSSR count). The van der Waals surface area contributed by atoms with Crippen LogP contribution in [0.25, 0.3) is 81.8 Å². The number of furan rings is 1. The van der Waals surface area contributed by atoms with Crippen molar-refractivity contribution in [3.8, 4) is 17.4 Å². The topological polar surface area (TPSA) is 51.1 Å². The molecule has 5 heteroatoms. The van der Waals surface area contributed by atoms with Crippen LogP contribution in [0.5, 0.6) is 0 Å². The van der Waals surface area contributed by atoms with Gasteiger partial charge >= 0.3 is 0 Å². The first-order chi connectivity index (χ1) is 21.2. The summed E-state index contributed by atoms with van der Waals surface area (Å²) in [6.45, 7) is 7.71. The Bertz CT molecular complexity index is 2710. The number of fused-ring (bicyclic) bond motifs is 10. The molecule has 0 unspecified atom stereocenters. The molecule has 0 N–H and O–H groups in total. The van der Waals surface area contributed by atoms with E-state index in [1.807, 2.05) is 66.7 Å². The highest BCUT2D eigenvalue weighted by Crippen LogP contribution is 2.42. The predicted octanol–water partition coefficient (Wildman–Crippen LogP) is 10.2. The second-order valence-electron chi connectivity index (χ2n) is 10.8. The van der Waals surface area contributed by atoms with Gasteiger partial charge in [-0.05, 0) is 78.2 Å². The molecule has 6 aromatic carbocycles. The third-order valence-electron chi connectivity index (χ3n) is 8.53. The van der Waals surface area contributed by atoms with E-state index in [1.165, 1.54) is 0 Å². The van der Waals surface area contributed by atoms with Gasteiger partial charge in [0, 0.05) is 38.3 Å². The van der Waals surface area contributed by atoms with Crippen LogP contribution >= 0.6 is 0 Å². The monoisotopic (exact) mass is 548 g/mol. The molecule has 0 aliphatic rings. The number of nitriles is 1. The fourth-order valence-corrected chi connectivity index (χ4v) is 6.75. The van der Waals surface area contributed by atoms with Crippen molar-refractivity contribution in [2.24, 2.45) is 0 Å². The summed E-state index contributed by atoms with van der Waals surface area (Å²) >= 11 is 0. The Morgan fingerprint density at radius 1 is 0.558 bits per heavy atom. The van der Waals surface area contributed by atoms with Crippen LogP contribution in [0.15, 0.2) is 126 Å². The quantitative estimate of drug-likeness (QED) is 0.202. The van der Waals surface area contributed by atoms with Gasteiger partial charge in [-0.3, -0.25) is 0 Å². The Morgan fingerprint density at radius 2 is 1.26 bits per heavy atom. The fourth-order valence-electron chi connectivity index (χ4n) is 6.75. The largest absolute Gasteiger partial charge is 0.456 e. The normalized spacial score (nSPS) is 11.7. The van der Waals surface area contributed by atoms with Crippen LogP contribution in [0, 0.1) is 17.9 Å². The van der Waals surface area contributed by atoms with E-state index in [0.717, 1.165) is 76.9 Å². The molecule has 0 aliphatic carbocycles. The van der Waals surface area contributed by atoms with Gasteiger partial charge in [-0.15, -0.1) is 0 Å². The van der Waals surface area contributed by atoms with Crippen molar-refractivity contribution in [1.82, 2.24) is 9.13 Å². The lowest BCUT2D eigenvalue weighted by Crippen LogP contribution is -1.98. The third-order valence-corrected chi connectivity index (χ3v) is 8.53. The maximum atomic E-state index is 9.57. The molecule has 0 aliphatic heterocycles. The minimum Gasteiger partial charge on any atom is -0.456 e. The molecule has 0 saturated heterocycles. The minimum atomic E-state index is 0.604. The summed E-state index contributed by atoms with van der Waals surface area (Å²) in [5.41, 5.74) is 9.17. The molecule has 198 valence electrons. The lowest BCUT2D eigenvalue weighted by Gasteiger charge is -2.13. The Balaban J connectivity index is 1.38. The van der Waals surface area contributed by atoms with Crippen molar-refractivity contribution in [3.05, 3.63) is 138 Å². The van der Waals surface area contributed by atoms with Crippen molar-refractivity contribution in [2.45, 2.75) is 0 Å². The molecule has 43 heavy (non-hydrogen) atoms. The Kier molecular flexibility index (Phi) is 4.68. The van der Waals surface area contributed by atoms with E-state index in [1.54, 1.807) is 0 Å². The van der Waals surface area contributed by atoms with E-state index < -0.39 is 0 Å². The molecule has 0 amide bonds. The molecule has 3 aromatic heterocycles. The number of nitrogens with zero attached hydrogens (tertiary/aromatic N) is 4. The highest BCUT2D eigenvalue weighted by atomic mass is 16.3. The van der Waals surface area contributed by atoms with E-state index in [-0.39, 0.29) is 0 Å². The van der Waals surface area contributed by atoms with Gasteiger partial charge in [-0.2, -0.15) is 5.26 Å².